The van der Waals surface area contributed by atoms with E-state index >= 15 is 0 Å². The molecule has 2 fully saturated rings. The van der Waals surface area contributed by atoms with E-state index in [2.05, 4.69) is 10.2 Å². The van der Waals surface area contributed by atoms with Crippen LogP contribution in [0, 0.1) is 17.2 Å². The molecule has 2 heterocycles. The van der Waals surface area contributed by atoms with Crippen molar-refractivity contribution in [3.63, 3.8) is 0 Å². The van der Waals surface area contributed by atoms with Gasteiger partial charge >= 0.3 is 0 Å². The predicted molar refractivity (Wildman–Crippen MR) is 134 cm³/mol. The molecule has 0 unspecified atom stereocenters. The van der Waals surface area contributed by atoms with E-state index in [1.807, 2.05) is 24.3 Å². The lowest BCUT2D eigenvalue weighted by Crippen LogP contribution is -2.47. The summed E-state index contributed by atoms with van der Waals surface area (Å²) in [6.07, 6.45) is 3.10. The first kappa shape index (κ1) is 25.6. The highest BCUT2D eigenvalue weighted by molar-refractivity contribution is 5.83. The third kappa shape index (κ3) is 6.40. The largest absolute Gasteiger partial charge is 0.496 e. The standard InChI is InChI=1S/C28H37FN2O4/c1-33-15-12-31-11-8-22(20-31)19-30-27(32)28(9-13-35-14-10-28)18-21-4-3-5-23(16-21)25-17-24(29)6-7-26(25)34-2/h3-7,16-17,22H,8-15,18-20H2,1-2H3,(H,30,32)/t22-/m0/s1. The van der Waals surface area contributed by atoms with Gasteiger partial charge in [0.1, 0.15) is 11.6 Å². The van der Waals surface area contributed by atoms with Crippen LogP contribution in [0.1, 0.15) is 24.8 Å². The number of hydrogen-bond donors (Lipinski definition) is 1. The number of rotatable bonds is 10. The first-order valence-corrected chi connectivity index (χ1v) is 12.5. The van der Waals surface area contributed by atoms with Crippen molar-refractivity contribution < 1.29 is 23.4 Å². The Morgan fingerprint density at radius 1 is 1.20 bits per heavy atom. The molecule has 7 heteroatoms. The van der Waals surface area contributed by atoms with Crippen molar-refractivity contribution in [2.75, 3.05) is 60.2 Å². The summed E-state index contributed by atoms with van der Waals surface area (Å²) >= 11 is 0. The molecule has 1 amide bonds. The Morgan fingerprint density at radius 2 is 2.03 bits per heavy atom. The summed E-state index contributed by atoms with van der Waals surface area (Å²) in [5, 5.41) is 3.28. The summed E-state index contributed by atoms with van der Waals surface area (Å²) in [4.78, 5) is 16.0. The maximum absolute atomic E-state index is 14.0. The number of ether oxygens (including phenoxy) is 3. The van der Waals surface area contributed by atoms with Gasteiger partial charge in [-0.05, 0) is 67.5 Å². The molecule has 1 atom stereocenters. The number of nitrogens with zero attached hydrogens (tertiary/aromatic N) is 1. The van der Waals surface area contributed by atoms with E-state index < -0.39 is 5.41 Å². The molecule has 4 rings (SSSR count). The van der Waals surface area contributed by atoms with Gasteiger partial charge in [0.2, 0.25) is 5.91 Å². The van der Waals surface area contributed by atoms with E-state index in [1.165, 1.54) is 12.1 Å². The van der Waals surface area contributed by atoms with Crippen LogP contribution in [0.25, 0.3) is 11.1 Å². The van der Waals surface area contributed by atoms with Crippen molar-refractivity contribution in [3.8, 4) is 16.9 Å². The minimum absolute atomic E-state index is 0.116. The monoisotopic (exact) mass is 484 g/mol. The quantitative estimate of drug-likeness (QED) is 0.554. The second-order valence-corrected chi connectivity index (χ2v) is 9.77. The Labute approximate surface area is 207 Å². The number of hydrogen-bond acceptors (Lipinski definition) is 5. The second kappa shape index (κ2) is 12.0. The average Bonchev–Trinajstić information content (AvgIpc) is 3.34. The molecular formula is C28H37FN2O4. The van der Waals surface area contributed by atoms with Gasteiger partial charge in [0.25, 0.3) is 0 Å². The summed E-state index contributed by atoms with van der Waals surface area (Å²) in [5.41, 5.74) is 2.14. The molecule has 1 N–H and O–H groups in total. The van der Waals surface area contributed by atoms with E-state index in [9.17, 15) is 9.18 Å². The Bertz CT molecular complexity index is 993. The van der Waals surface area contributed by atoms with E-state index in [0.29, 0.717) is 56.3 Å². The van der Waals surface area contributed by atoms with Gasteiger partial charge in [0.15, 0.2) is 0 Å². The molecule has 0 saturated carbocycles. The first-order chi connectivity index (χ1) is 17.0. The van der Waals surface area contributed by atoms with Crippen LogP contribution >= 0.6 is 0 Å². The van der Waals surface area contributed by atoms with Gasteiger partial charge in [-0.1, -0.05) is 24.3 Å². The van der Waals surface area contributed by atoms with Crippen LogP contribution in [-0.4, -0.2) is 71.0 Å². The van der Waals surface area contributed by atoms with Crippen LogP contribution in [0.2, 0.25) is 0 Å². The number of methoxy groups -OCH3 is 2. The fourth-order valence-corrected chi connectivity index (χ4v) is 5.32. The molecule has 190 valence electrons. The molecule has 2 saturated heterocycles. The Balaban J connectivity index is 1.46. The third-order valence-electron chi connectivity index (χ3n) is 7.41. The second-order valence-electron chi connectivity index (χ2n) is 9.77. The molecule has 2 aromatic carbocycles. The summed E-state index contributed by atoms with van der Waals surface area (Å²) in [6.45, 7) is 5.59. The van der Waals surface area contributed by atoms with Crippen LogP contribution in [-0.2, 0) is 20.7 Å². The van der Waals surface area contributed by atoms with Gasteiger partial charge in [-0.3, -0.25) is 4.79 Å². The van der Waals surface area contributed by atoms with E-state index in [-0.39, 0.29) is 11.7 Å². The average molecular weight is 485 g/mol. The zero-order valence-corrected chi connectivity index (χ0v) is 20.9. The number of benzene rings is 2. The fourth-order valence-electron chi connectivity index (χ4n) is 5.32. The van der Waals surface area contributed by atoms with E-state index in [1.54, 1.807) is 20.3 Å². The number of nitrogens with one attached hydrogen (secondary N) is 1. The van der Waals surface area contributed by atoms with Gasteiger partial charge < -0.3 is 24.4 Å². The molecule has 2 aliphatic rings. The number of carbonyl (C=O) groups is 1. The van der Waals surface area contributed by atoms with E-state index in [4.69, 9.17) is 14.2 Å². The number of likely N-dealkylation sites (tertiary alicyclic amines) is 1. The maximum Gasteiger partial charge on any atom is 0.226 e. The number of halogens is 1. The Kier molecular flexibility index (Phi) is 8.76. The van der Waals surface area contributed by atoms with Crippen LogP contribution in [0.3, 0.4) is 0 Å². The Morgan fingerprint density at radius 3 is 2.80 bits per heavy atom. The van der Waals surface area contributed by atoms with Crippen LogP contribution in [0.4, 0.5) is 4.39 Å². The van der Waals surface area contributed by atoms with Gasteiger partial charge in [-0.25, -0.2) is 4.39 Å². The topological polar surface area (TPSA) is 60.0 Å². The van der Waals surface area contributed by atoms with Crippen molar-refractivity contribution in [3.05, 3.63) is 53.8 Å². The normalized spacial score (nSPS) is 20.0. The maximum atomic E-state index is 14.0. The summed E-state index contributed by atoms with van der Waals surface area (Å²) < 4.78 is 30.2. The predicted octanol–water partition coefficient (Wildman–Crippen LogP) is 3.93. The summed E-state index contributed by atoms with van der Waals surface area (Å²) in [5.74, 6) is 0.902. The number of carbonyl (C=O) groups excluding carboxylic acids is 1. The molecule has 0 aliphatic carbocycles. The lowest BCUT2D eigenvalue weighted by molar-refractivity contribution is -0.136. The summed E-state index contributed by atoms with van der Waals surface area (Å²) in [6, 6.07) is 12.5. The zero-order chi connectivity index (χ0) is 24.7. The molecule has 0 aromatic heterocycles. The van der Waals surface area contributed by atoms with Crippen LogP contribution in [0.5, 0.6) is 5.75 Å². The lowest BCUT2D eigenvalue weighted by Gasteiger charge is -2.36. The lowest BCUT2D eigenvalue weighted by atomic mass is 9.74. The fraction of sp³-hybridized carbons (Fsp3) is 0.536. The van der Waals surface area contributed by atoms with Crippen molar-refractivity contribution in [1.29, 1.82) is 0 Å². The van der Waals surface area contributed by atoms with Gasteiger partial charge in [-0.15, -0.1) is 0 Å². The van der Waals surface area contributed by atoms with Crippen LogP contribution < -0.4 is 10.1 Å². The van der Waals surface area contributed by atoms with Gasteiger partial charge in [0.05, 0.1) is 19.1 Å². The Hall–Kier alpha value is -2.48. The molecule has 6 nitrogen and oxygen atoms in total. The highest BCUT2D eigenvalue weighted by atomic mass is 19.1. The molecule has 35 heavy (non-hydrogen) atoms. The highest BCUT2D eigenvalue weighted by Gasteiger charge is 2.40. The molecule has 2 aromatic rings. The molecule has 0 spiro atoms. The minimum Gasteiger partial charge on any atom is -0.496 e. The molecule has 0 bridgehead atoms. The first-order valence-electron chi connectivity index (χ1n) is 12.5. The number of amides is 1. The van der Waals surface area contributed by atoms with Crippen molar-refractivity contribution >= 4 is 5.91 Å². The molecule has 2 aliphatic heterocycles. The SMILES string of the molecule is COCCN1CC[C@@H](CNC(=O)C2(Cc3cccc(-c4cc(F)ccc4OC)c3)CCOCC2)C1. The van der Waals surface area contributed by atoms with E-state index in [0.717, 1.165) is 43.8 Å². The summed E-state index contributed by atoms with van der Waals surface area (Å²) in [7, 11) is 3.31. The zero-order valence-electron chi connectivity index (χ0n) is 20.9. The highest BCUT2D eigenvalue weighted by Crippen LogP contribution is 2.37. The van der Waals surface area contributed by atoms with Crippen molar-refractivity contribution in [1.82, 2.24) is 10.2 Å². The minimum atomic E-state index is -0.503. The third-order valence-corrected chi connectivity index (χ3v) is 7.41. The van der Waals surface area contributed by atoms with Gasteiger partial charge in [0, 0.05) is 45.5 Å². The van der Waals surface area contributed by atoms with Crippen LogP contribution in [0.15, 0.2) is 42.5 Å². The smallest absolute Gasteiger partial charge is 0.226 e. The molecular weight excluding hydrogens is 447 g/mol. The molecule has 0 radical (unpaired) electrons. The van der Waals surface area contributed by atoms with Gasteiger partial charge in [-0.2, -0.15) is 0 Å². The van der Waals surface area contributed by atoms with Crippen molar-refractivity contribution in [2.24, 2.45) is 11.3 Å². The van der Waals surface area contributed by atoms with Crippen molar-refractivity contribution in [2.45, 2.75) is 25.7 Å².